The standard InChI is InChI=1S/C19H26FN5/c20-15-6-8-17(9-7-15)24-11-10-16(13-24)21-12-19-23-22-14-25(19)18-4-2-1-3-5-18/h6-9,14,16,18,21H,1-5,10-13H2. The Hall–Kier alpha value is -1.95. The van der Waals surface area contributed by atoms with E-state index in [-0.39, 0.29) is 5.82 Å². The fourth-order valence-electron chi connectivity index (χ4n) is 4.11. The number of aromatic nitrogens is 3. The van der Waals surface area contributed by atoms with Gasteiger partial charge in [-0.15, -0.1) is 10.2 Å². The Balaban J connectivity index is 1.32. The highest BCUT2D eigenvalue weighted by Gasteiger charge is 2.24. The summed E-state index contributed by atoms with van der Waals surface area (Å²) in [5.41, 5.74) is 1.09. The van der Waals surface area contributed by atoms with E-state index >= 15 is 0 Å². The molecule has 2 heterocycles. The van der Waals surface area contributed by atoms with Gasteiger partial charge in [-0.3, -0.25) is 0 Å². The first-order chi connectivity index (χ1) is 12.3. The smallest absolute Gasteiger partial charge is 0.147 e. The van der Waals surface area contributed by atoms with Crippen molar-refractivity contribution in [1.82, 2.24) is 20.1 Å². The van der Waals surface area contributed by atoms with Crippen molar-refractivity contribution in [2.45, 2.75) is 57.2 Å². The fraction of sp³-hybridized carbons (Fsp3) is 0.579. The molecule has 1 saturated carbocycles. The van der Waals surface area contributed by atoms with Gasteiger partial charge in [-0.2, -0.15) is 0 Å². The van der Waals surface area contributed by atoms with E-state index in [0.717, 1.165) is 37.6 Å². The lowest BCUT2D eigenvalue weighted by Crippen LogP contribution is -2.33. The molecular weight excluding hydrogens is 317 g/mol. The van der Waals surface area contributed by atoms with Crippen LogP contribution in [-0.4, -0.2) is 33.9 Å². The first kappa shape index (κ1) is 16.5. The average Bonchev–Trinajstić information content (AvgIpc) is 3.31. The third-order valence-corrected chi connectivity index (χ3v) is 5.54. The van der Waals surface area contributed by atoms with Crippen molar-refractivity contribution in [2.24, 2.45) is 0 Å². The maximum atomic E-state index is 13.1. The highest BCUT2D eigenvalue weighted by atomic mass is 19.1. The van der Waals surface area contributed by atoms with Crippen molar-refractivity contribution in [1.29, 1.82) is 0 Å². The molecule has 1 atom stereocenters. The van der Waals surface area contributed by atoms with Crippen LogP contribution in [0.5, 0.6) is 0 Å². The Morgan fingerprint density at radius 3 is 2.68 bits per heavy atom. The summed E-state index contributed by atoms with van der Waals surface area (Å²) in [5, 5.41) is 12.1. The fourth-order valence-corrected chi connectivity index (χ4v) is 4.11. The van der Waals surface area contributed by atoms with Crippen LogP contribution in [0.1, 0.15) is 50.4 Å². The number of halogens is 1. The largest absolute Gasteiger partial charge is 0.370 e. The number of nitrogens with zero attached hydrogens (tertiary/aromatic N) is 4. The van der Waals surface area contributed by atoms with Gasteiger partial charge < -0.3 is 14.8 Å². The second-order valence-corrected chi connectivity index (χ2v) is 7.24. The molecule has 1 aliphatic heterocycles. The summed E-state index contributed by atoms with van der Waals surface area (Å²) in [7, 11) is 0. The van der Waals surface area contributed by atoms with E-state index in [0.29, 0.717) is 12.1 Å². The number of nitrogens with one attached hydrogen (secondary N) is 1. The highest BCUT2D eigenvalue weighted by Crippen LogP contribution is 2.28. The molecule has 1 unspecified atom stereocenters. The lowest BCUT2D eigenvalue weighted by Gasteiger charge is -2.24. The Labute approximate surface area is 148 Å². The summed E-state index contributed by atoms with van der Waals surface area (Å²) in [6.45, 7) is 2.71. The van der Waals surface area contributed by atoms with E-state index in [1.165, 1.54) is 44.2 Å². The molecule has 0 radical (unpaired) electrons. The lowest BCUT2D eigenvalue weighted by atomic mass is 9.95. The van der Waals surface area contributed by atoms with E-state index in [1.54, 1.807) is 0 Å². The van der Waals surface area contributed by atoms with Crippen molar-refractivity contribution >= 4 is 5.69 Å². The summed E-state index contributed by atoms with van der Waals surface area (Å²) >= 11 is 0. The van der Waals surface area contributed by atoms with Gasteiger partial charge in [0, 0.05) is 30.9 Å². The zero-order valence-electron chi connectivity index (χ0n) is 14.6. The molecule has 2 aliphatic rings. The Morgan fingerprint density at radius 1 is 1.08 bits per heavy atom. The van der Waals surface area contributed by atoms with E-state index in [1.807, 2.05) is 18.5 Å². The molecule has 1 saturated heterocycles. The molecular formula is C19H26FN5. The van der Waals surface area contributed by atoms with Gasteiger partial charge >= 0.3 is 0 Å². The Morgan fingerprint density at radius 2 is 1.88 bits per heavy atom. The molecule has 1 N–H and O–H groups in total. The highest BCUT2D eigenvalue weighted by molar-refractivity contribution is 5.47. The predicted octanol–water partition coefficient (Wildman–Crippen LogP) is 3.29. The normalized spacial score (nSPS) is 21.8. The van der Waals surface area contributed by atoms with Crippen molar-refractivity contribution in [3.05, 3.63) is 42.2 Å². The maximum absolute atomic E-state index is 13.1. The molecule has 0 bridgehead atoms. The van der Waals surface area contributed by atoms with Crippen molar-refractivity contribution in [3.63, 3.8) is 0 Å². The van der Waals surface area contributed by atoms with Crippen LogP contribution in [0.2, 0.25) is 0 Å². The molecule has 134 valence electrons. The van der Waals surface area contributed by atoms with Gasteiger partial charge in [-0.1, -0.05) is 19.3 Å². The third-order valence-electron chi connectivity index (χ3n) is 5.54. The molecule has 1 aromatic heterocycles. The first-order valence-corrected chi connectivity index (χ1v) is 9.42. The van der Waals surface area contributed by atoms with Crippen LogP contribution in [0.25, 0.3) is 0 Å². The van der Waals surface area contributed by atoms with Crippen LogP contribution in [0.15, 0.2) is 30.6 Å². The van der Waals surface area contributed by atoms with Crippen molar-refractivity contribution in [3.8, 4) is 0 Å². The minimum atomic E-state index is -0.181. The van der Waals surface area contributed by atoms with Crippen LogP contribution < -0.4 is 10.2 Å². The van der Waals surface area contributed by atoms with Crippen LogP contribution in [0.4, 0.5) is 10.1 Å². The monoisotopic (exact) mass is 343 g/mol. The number of hydrogen-bond acceptors (Lipinski definition) is 4. The zero-order valence-corrected chi connectivity index (χ0v) is 14.6. The third kappa shape index (κ3) is 3.84. The summed E-state index contributed by atoms with van der Waals surface area (Å²) in [6, 6.07) is 7.78. The summed E-state index contributed by atoms with van der Waals surface area (Å²) in [5.74, 6) is 0.867. The summed E-state index contributed by atoms with van der Waals surface area (Å²) < 4.78 is 15.4. The van der Waals surface area contributed by atoms with Crippen LogP contribution in [0, 0.1) is 5.82 Å². The van der Waals surface area contributed by atoms with Gasteiger partial charge in [0.15, 0.2) is 0 Å². The van der Waals surface area contributed by atoms with Crippen molar-refractivity contribution < 1.29 is 4.39 Å². The first-order valence-electron chi connectivity index (χ1n) is 9.42. The average molecular weight is 343 g/mol. The van der Waals surface area contributed by atoms with E-state index in [2.05, 4.69) is 25.0 Å². The van der Waals surface area contributed by atoms with E-state index in [4.69, 9.17) is 0 Å². The molecule has 4 rings (SSSR count). The molecule has 0 spiro atoms. The number of benzene rings is 1. The molecule has 5 nitrogen and oxygen atoms in total. The van der Waals surface area contributed by atoms with Gasteiger partial charge in [0.05, 0.1) is 6.54 Å². The lowest BCUT2D eigenvalue weighted by molar-refractivity contribution is 0.341. The van der Waals surface area contributed by atoms with Gasteiger partial charge in [0.25, 0.3) is 0 Å². The van der Waals surface area contributed by atoms with Crippen LogP contribution >= 0.6 is 0 Å². The SMILES string of the molecule is Fc1ccc(N2CCC(NCc3nncn3C3CCCCC3)C2)cc1. The topological polar surface area (TPSA) is 46.0 Å². The second-order valence-electron chi connectivity index (χ2n) is 7.24. The molecule has 1 aliphatic carbocycles. The van der Waals surface area contributed by atoms with Gasteiger partial charge in [-0.25, -0.2) is 4.39 Å². The minimum Gasteiger partial charge on any atom is -0.370 e. The minimum absolute atomic E-state index is 0.181. The molecule has 2 fully saturated rings. The number of hydrogen-bond donors (Lipinski definition) is 1. The second kappa shape index (κ2) is 7.52. The van der Waals surface area contributed by atoms with Crippen molar-refractivity contribution in [2.75, 3.05) is 18.0 Å². The van der Waals surface area contributed by atoms with Crippen LogP contribution in [0.3, 0.4) is 0 Å². The van der Waals surface area contributed by atoms with Gasteiger partial charge in [0.2, 0.25) is 0 Å². The van der Waals surface area contributed by atoms with E-state index in [9.17, 15) is 4.39 Å². The van der Waals surface area contributed by atoms with E-state index < -0.39 is 0 Å². The Kier molecular flexibility index (Phi) is 4.97. The zero-order chi connectivity index (χ0) is 17.1. The molecule has 0 amide bonds. The molecule has 6 heteroatoms. The summed E-state index contributed by atoms with van der Waals surface area (Å²) in [6.07, 6.45) is 9.45. The molecule has 25 heavy (non-hydrogen) atoms. The quantitative estimate of drug-likeness (QED) is 0.905. The molecule has 1 aromatic carbocycles. The van der Waals surface area contributed by atoms with Gasteiger partial charge in [-0.05, 0) is 43.5 Å². The maximum Gasteiger partial charge on any atom is 0.147 e. The predicted molar refractivity (Wildman–Crippen MR) is 96.0 cm³/mol. The molecule has 2 aromatic rings. The Bertz CT molecular complexity index is 677. The number of rotatable bonds is 5. The van der Waals surface area contributed by atoms with Gasteiger partial charge in [0.1, 0.15) is 18.0 Å². The number of anilines is 1. The summed E-state index contributed by atoms with van der Waals surface area (Å²) in [4.78, 5) is 2.31. The van der Waals surface area contributed by atoms with Crippen LogP contribution in [-0.2, 0) is 6.54 Å².